The zero-order chi connectivity index (χ0) is 9.40. The fourth-order valence-electron chi connectivity index (χ4n) is 1.09. The van der Waals surface area contributed by atoms with Gasteiger partial charge in [-0.2, -0.15) is 0 Å². The van der Waals surface area contributed by atoms with Gasteiger partial charge in [0, 0.05) is 13.0 Å². The van der Waals surface area contributed by atoms with Crippen LogP contribution in [0.15, 0.2) is 0 Å². The summed E-state index contributed by atoms with van der Waals surface area (Å²) in [4.78, 5) is 11.3. The number of carbonyl (C=O) groups is 1. The smallest absolute Gasteiger partial charge is 0.161 e. The van der Waals surface area contributed by atoms with E-state index in [4.69, 9.17) is 4.74 Å². The summed E-state index contributed by atoms with van der Waals surface area (Å²) in [6.07, 6.45) is 3.32. The van der Waals surface area contributed by atoms with Crippen molar-refractivity contribution in [2.75, 3.05) is 6.61 Å². The third-order valence-electron chi connectivity index (χ3n) is 1.78. The van der Waals surface area contributed by atoms with Crippen LogP contribution >= 0.6 is 0 Å². The second kappa shape index (κ2) is 7.29. The predicted octanol–water partition coefficient (Wildman–Crippen LogP) is 2.56. The van der Waals surface area contributed by atoms with E-state index in [1.54, 1.807) is 0 Å². The molecule has 12 heavy (non-hydrogen) atoms. The maximum atomic E-state index is 11.3. The quantitative estimate of drug-likeness (QED) is 0.590. The number of hydrogen-bond acceptors (Lipinski definition) is 2. The van der Waals surface area contributed by atoms with E-state index in [9.17, 15) is 4.79 Å². The number of hydrogen-bond donors (Lipinski definition) is 0. The summed E-state index contributed by atoms with van der Waals surface area (Å²) in [7, 11) is 0. The number of ether oxygens (including phenoxy) is 1. The maximum Gasteiger partial charge on any atom is 0.161 e. The SMILES string of the molecule is CCCOC(CCC)C(=O)CC. The molecule has 0 heterocycles. The molecule has 0 saturated heterocycles. The van der Waals surface area contributed by atoms with Crippen LogP contribution in [0.5, 0.6) is 0 Å². The lowest BCUT2D eigenvalue weighted by atomic mass is 10.1. The molecule has 0 spiro atoms. The van der Waals surface area contributed by atoms with Gasteiger partial charge in [0.2, 0.25) is 0 Å². The highest BCUT2D eigenvalue weighted by molar-refractivity contribution is 5.82. The molecule has 1 atom stereocenters. The summed E-state index contributed by atoms with van der Waals surface area (Å²) in [5.74, 6) is 0.241. The van der Waals surface area contributed by atoms with Gasteiger partial charge in [-0.05, 0) is 12.8 Å². The molecule has 2 nitrogen and oxygen atoms in total. The van der Waals surface area contributed by atoms with Crippen molar-refractivity contribution >= 4 is 5.78 Å². The Morgan fingerprint density at radius 2 is 1.92 bits per heavy atom. The Labute approximate surface area is 75.3 Å². The van der Waals surface area contributed by atoms with Gasteiger partial charge in [-0.15, -0.1) is 0 Å². The van der Waals surface area contributed by atoms with E-state index in [1.165, 1.54) is 0 Å². The molecule has 0 aromatic rings. The Kier molecular flexibility index (Phi) is 7.06. The minimum Gasteiger partial charge on any atom is -0.370 e. The molecule has 0 aromatic carbocycles. The third-order valence-corrected chi connectivity index (χ3v) is 1.78. The summed E-state index contributed by atoms with van der Waals surface area (Å²) in [6, 6.07) is 0. The summed E-state index contributed by atoms with van der Waals surface area (Å²) in [6.45, 7) is 6.72. The van der Waals surface area contributed by atoms with Crippen molar-refractivity contribution in [3.8, 4) is 0 Å². The lowest BCUT2D eigenvalue weighted by molar-refractivity contribution is -0.130. The van der Waals surface area contributed by atoms with E-state index < -0.39 is 0 Å². The fourth-order valence-corrected chi connectivity index (χ4v) is 1.09. The Morgan fingerprint density at radius 3 is 2.33 bits per heavy atom. The van der Waals surface area contributed by atoms with Gasteiger partial charge >= 0.3 is 0 Å². The average Bonchev–Trinajstić information content (AvgIpc) is 2.11. The van der Waals surface area contributed by atoms with Gasteiger partial charge in [0.25, 0.3) is 0 Å². The highest BCUT2D eigenvalue weighted by Crippen LogP contribution is 2.06. The van der Waals surface area contributed by atoms with Gasteiger partial charge in [0.1, 0.15) is 6.10 Å². The fraction of sp³-hybridized carbons (Fsp3) is 0.900. The van der Waals surface area contributed by atoms with E-state index in [0.717, 1.165) is 19.3 Å². The number of carbonyl (C=O) groups excluding carboxylic acids is 1. The normalized spacial score (nSPS) is 12.9. The van der Waals surface area contributed by atoms with Crippen LogP contribution in [-0.2, 0) is 9.53 Å². The van der Waals surface area contributed by atoms with Crippen molar-refractivity contribution in [1.29, 1.82) is 0 Å². The van der Waals surface area contributed by atoms with E-state index in [0.29, 0.717) is 13.0 Å². The first-order chi connectivity index (χ1) is 5.76. The van der Waals surface area contributed by atoms with Gasteiger partial charge in [-0.3, -0.25) is 4.79 Å². The van der Waals surface area contributed by atoms with E-state index in [-0.39, 0.29) is 11.9 Å². The molecule has 0 radical (unpaired) electrons. The van der Waals surface area contributed by atoms with Crippen LogP contribution in [0, 0.1) is 0 Å². The Balaban J connectivity index is 3.76. The molecule has 2 heteroatoms. The first-order valence-corrected chi connectivity index (χ1v) is 4.90. The van der Waals surface area contributed by atoms with Gasteiger partial charge in [0.15, 0.2) is 5.78 Å². The highest BCUT2D eigenvalue weighted by atomic mass is 16.5. The Morgan fingerprint density at radius 1 is 1.25 bits per heavy atom. The molecule has 0 aromatic heterocycles. The van der Waals surface area contributed by atoms with Crippen LogP contribution in [0.3, 0.4) is 0 Å². The lowest BCUT2D eigenvalue weighted by Crippen LogP contribution is -2.23. The minimum absolute atomic E-state index is 0.139. The maximum absolute atomic E-state index is 11.3. The van der Waals surface area contributed by atoms with Crippen molar-refractivity contribution in [2.45, 2.75) is 52.6 Å². The third kappa shape index (κ3) is 4.50. The van der Waals surface area contributed by atoms with Gasteiger partial charge in [-0.1, -0.05) is 27.2 Å². The summed E-state index contributed by atoms with van der Waals surface area (Å²) in [5, 5.41) is 0. The average molecular weight is 172 g/mol. The van der Waals surface area contributed by atoms with Crippen LogP contribution in [0.4, 0.5) is 0 Å². The molecule has 0 rings (SSSR count). The standard InChI is InChI=1S/C10H20O2/c1-4-7-10(9(11)6-3)12-8-5-2/h10H,4-8H2,1-3H3. The van der Waals surface area contributed by atoms with Crippen molar-refractivity contribution < 1.29 is 9.53 Å². The molecule has 1 unspecified atom stereocenters. The van der Waals surface area contributed by atoms with E-state index >= 15 is 0 Å². The second-order valence-electron chi connectivity index (χ2n) is 2.97. The molecule has 0 saturated carbocycles. The van der Waals surface area contributed by atoms with Crippen LogP contribution in [0.25, 0.3) is 0 Å². The molecule has 72 valence electrons. The molecular formula is C10H20O2. The summed E-state index contributed by atoms with van der Waals surface area (Å²) < 4.78 is 5.43. The van der Waals surface area contributed by atoms with Crippen LogP contribution in [0.1, 0.15) is 46.5 Å². The molecule has 0 N–H and O–H groups in total. The van der Waals surface area contributed by atoms with Gasteiger partial charge < -0.3 is 4.74 Å². The Bertz CT molecular complexity index is 121. The van der Waals surface area contributed by atoms with Gasteiger partial charge in [-0.25, -0.2) is 0 Å². The van der Waals surface area contributed by atoms with E-state index in [2.05, 4.69) is 13.8 Å². The van der Waals surface area contributed by atoms with Crippen LogP contribution in [-0.4, -0.2) is 18.5 Å². The van der Waals surface area contributed by atoms with Crippen LogP contribution in [0.2, 0.25) is 0 Å². The molecule has 0 amide bonds. The van der Waals surface area contributed by atoms with Crippen molar-refractivity contribution in [1.82, 2.24) is 0 Å². The van der Waals surface area contributed by atoms with Gasteiger partial charge in [0.05, 0.1) is 0 Å². The summed E-state index contributed by atoms with van der Waals surface area (Å²) in [5.41, 5.74) is 0. The second-order valence-corrected chi connectivity index (χ2v) is 2.97. The number of rotatable bonds is 7. The highest BCUT2D eigenvalue weighted by Gasteiger charge is 2.14. The molecule has 0 bridgehead atoms. The number of ketones is 1. The molecule has 0 fully saturated rings. The molecular weight excluding hydrogens is 152 g/mol. The predicted molar refractivity (Wildman–Crippen MR) is 50.2 cm³/mol. The molecule has 0 aliphatic rings. The summed E-state index contributed by atoms with van der Waals surface area (Å²) >= 11 is 0. The zero-order valence-electron chi connectivity index (χ0n) is 8.43. The zero-order valence-corrected chi connectivity index (χ0v) is 8.43. The first kappa shape index (κ1) is 11.6. The van der Waals surface area contributed by atoms with E-state index in [1.807, 2.05) is 6.92 Å². The molecule has 0 aliphatic carbocycles. The van der Waals surface area contributed by atoms with Crippen molar-refractivity contribution in [3.63, 3.8) is 0 Å². The largest absolute Gasteiger partial charge is 0.370 e. The number of Topliss-reactive ketones (excluding diaryl/α,β-unsaturated/α-hetero) is 1. The monoisotopic (exact) mass is 172 g/mol. The Hall–Kier alpha value is -0.370. The van der Waals surface area contributed by atoms with Crippen LogP contribution < -0.4 is 0 Å². The van der Waals surface area contributed by atoms with Crippen molar-refractivity contribution in [3.05, 3.63) is 0 Å². The minimum atomic E-state index is -0.139. The topological polar surface area (TPSA) is 26.3 Å². The lowest BCUT2D eigenvalue weighted by Gasteiger charge is -2.14. The molecule has 0 aliphatic heterocycles. The van der Waals surface area contributed by atoms with Crippen molar-refractivity contribution in [2.24, 2.45) is 0 Å². The first-order valence-electron chi connectivity index (χ1n) is 4.90.